The molecule has 32 heavy (non-hydrogen) atoms. The monoisotopic (exact) mass is 436 g/mol. The molecule has 12 nitrogen and oxygen atoms in total. The van der Waals surface area contributed by atoms with Gasteiger partial charge in [0.1, 0.15) is 12.3 Å². The maximum Gasteiger partial charge on any atom is 0.332 e. The topological polar surface area (TPSA) is 141 Å². The number of aromatic nitrogens is 6. The SMILES string of the molecule is COc1ccc(-c2[nH]ncc2/C=N/NC(=O)Cn2cnc3c2c(=O)n(C)c(=O)n3C)cc1. The van der Waals surface area contributed by atoms with E-state index in [1.54, 1.807) is 13.3 Å². The van der Waals surface area contributed by atoms with Crippen molar-refractivity contribution in [1.82, 2.24) is 34.3 Å². The smallest absolute Gasteiger partial charge is 0.332 e. The number of imidazole rings is 1. The van der Waals surface area contributed by atoms with Crippen molar-refractivity contribution in [2.45, 2.75) is 6.54 Å². The van der Waals surface area contributed by atoms with Gasteiger partial charge in [-0.2, -0.15) is 10.2 Å². The molecule has 1 aromatic carbocycles. The molecule has 0 radical (unpaired) electrons. The molecule has 3 heterocycles. The number of H-pyrrole nitrogens is 1. The molecule has 0 aliphatic heterocycles. The summed E-state index contributed by atoms with van der Waals surface area (Å²) in [6.07, 6.45) is 4.39. The van der Waals surface area contributed by atoms with Crippen LogP contribution in [0.15, 0.2) is 51.5 Å². The molecule has 0 saturated heterocycles. The van der Waals surface area contributed by atoms with E-state index in [2.05, 4.69) is 25.7 Å². The number of aromatic amines is 1. The third-order valence-electron chi connectivity index (χ3n) is 4.97. The van der Waals surface area contributed by atoms with Crippen molar-refractivity contribution >= 4 is 23.3 Å². The minimum atomic E-state index is -0.528. The van der Waals surface area contributed by atoms with E-state index in [-0.39, 0.29) is 17.7 Å². The summed E-state index contributed by atoms with van der Waals surface area (Å²) in [6, 6.07) is 7.41. The van der Waals surface area contributed by atoms with E-state index in [0.717, 1.165) is 21.6 Å². The number of nitrogens with zero attached hydrogens (tertiary/aromatic N) is 6. The highest BCUT2D eigenvalue weighted by atomic mass is 16.5. The summed E-state index contributed by atoms with van der Waals surface area (Å²) in [5.41, 5.74) is 4.05. The number of aryl methyl sites for hydroxylation is 1. The number of methoxy groups -OCH3 is 1. The molecular weight excluding hydrogens is 416 g/mol. The van der Waals surface area contributed by atoms with Gasteiger partial charge in [0.2, 0.25) is 0 Å². The number of ether oxygens (including phenoxy) is 1. The zero-order valence-electron chi connectivity index (χ0n) is 17.6. The standard InChI is InChI=1S/C20H20N8O4/c1-26-18-17(19(30)27(2)20(26)31)28(11-21-18)10-15(29)24-22-8-13-9-23-25-16(13)12-4-6-14(32-3)7-5-12/h4-9,11H,10H2,1-3H3,(H,23,25)(H,24,29)/b22-8+. The second-order valence-electron chi connectivity index (χ2n) is 6.97. The van der Waals surface area contributed by atoms with Crippen molar-refractivity contribution in [3.63, 3.8) is 0 Å². The van der Waals surface area contributed by atoms with Gasteiger partial charge in [0.25, 0.3) is 11.5 Å². The molecule has 1 amide bonds. The summed E-state index contributed by atoms with van der Waals surface area (Å²) < 4.78 is 8.76. The summed E-state index contributed by atoms with van der Waals surface area (Å²) in [4.78, 5) is 40.9. The van der Waals surface area contributed by atoms with Crippen LogP contribution in [0.25, 0.3) is 22.4 Å². The van der Waals surface area contributed by atoms with Gasteiger partial charge < -0.3 is 9.30 Å². The van der Waals surface area contributed by atoms with Crippen molar-refractivity contribution in [2.24, 2.45) is 19.2 Å². The summed E-state index contributed by atoms with van der Waals surface area (Å²) in [5, 5.41) is 10.9. The van der Waals surface area contributed by atoms with Gasteiger partial charge in [0, 0.05) is 25.2 Å². The highest BCUT2D eigenvalue weighted by molar-refractivity contribution is 5.89. The average molecular weight is 436 g/mol. The van der Waals surface area contributed by atoms with Crippen LogP contribution in [-0.2, 0) is 25.4 Å². The van der Waals surface area contributed by atoms with Crippen molar-refractivity contribution in [1.29, 1.82) is 0 Å². The number of hydrogen-bond donors (Lipinski definition) is 2. The molecule has 0 fully saturated rings. The van der Waals surface area contributed by atoms with Crippen molar-refractivity contribution in [3.05, 3.63) is 63.2 Å². The number of benzene rings is 1. The van der Waals surface area contributed by atoms with Gasteiger partial charge >= 0.3 is 5.69 Å². The lowest BCUT2D eigenvalue weighted by Crippen LogP contribution is -2.38. The normalized spacial score (nSPS) is 11.3. The third-order valence-corrected chi connectivity index (χ3v) is 4.97. The minimum Gasteiger partial charge on any atom is -0.497 e. The van der Waals surface area contributed by atoms with E-state index >= 15 is 0 Å². The number of carbonyl (C=O) groups excluding carboxylic acids is 1. The number of hydrogen-bond acceptors (Lipinski definition) is 7. The first-order valence-corrected chi connectivity index (χ1v) is 9.51. The van der Waals surface area contributed by atoms with Crippen LogP contribution >= 0.6 is 0 Å². The Hall–Kier alpha value is -4.48. The first kappa shape index (κ1) is 20.8. The van der Waals surface area contributed by atoms with E-state index in [4.69, 9.17) is 4.74 Å². The molecule has 164 valence electrons. The quantitative estimate of drug-likeness (QED) is 0.322. The first-order valence-electron chi connectivity index (χ1n) is 9.51. The molecule has 2 N–H and O–H groups in total. The number of hydrazone groups is 1. The number of amides is 1. The third kappa shape index (κ3) is 3.69. The Labute approximate surface area is 180 Å². The van der Waals surface area contributed by atoms with Crippen LogP contribution < -0.4 is 21.4 Å². The Bertz CT molecular complexity index is 1440. The van der Waals surface area contributed by atoms with Gasteiger partial charge in [0.05, 0.1) is 31.5 Å². The van der Waals surface area contributed by atoms with Crippen LogP contribution in [-0.4, -0.2) is 48.1 Å². The van der Waals surface area contributed by atoms with Gasteiger partial charge in [-0.1, -0.05) is 0 Å². The Morgan fingerprint density at radius 1 is 1.22 bits per heavy atom. The molecule has 0 atom stereocenters. The number of rotatable bonds is 6. The molecule has 4 aromatic rings. The second-order valence-corrected chi connectivity index (χ2v) is 6.97. The lowest BCUT2D eigenvalue weighted by Gasteiger charge is -2.06. The van der Waals surface area contributed by atoms with Crippen LogP contribution in [0.4, 0.5) is 0 Å². The largest absolute Gasteiger partial charge is 0.497 e. The first-order chi connectivity index (χ1) is 15.4. The zero-order chi connectivity index (χ0) is 22.8. The van der Waals surface area contributed by atoms with Crippen molar-refractivity contribution < 1.29 is 9.53 Å². The van der Waals surface area contributed by atoms with E-state index in [1.807, 2.05) is 24.3 Å². The van der Waals surface area contributed by atoms with E-state index in [1.165, 1.54) is 35.8 Å². The molecule has 0 bridgehead atoms. The zero-order valence-corrected chi connectivity index (χ0v) is 17.6. The fraction of sp³-hybridized carbons (Fsp3) is 0.200. The van der Waals surface area contributed by atoms with Crippen LogP contribution in [0.3, 0.4) is 0 Å². The molecule has 0 saturated carbocycles. The summed E-state index contributed by atoms with van der Waals surface area (Å²) >= 11 is 0. The summed E-state index contributed by atoms with van der Waals surface area (Å²) in [5.74, 6) is 0.267. The van der Waals surface area contributed by atoms with Gasteiger partial charge in [-0.25, -0.2) is 15.2 Å². The Morgan fingerprint density at radius 2 is 1.97 bits per heavy atom. The van der Waals surface area contributed by atoms with Crippen LogP contribution in [0.5, 0.6) is 5.75 Å². The fourth-order valence-corrected chi connectivity index (χ4v) is 3.26. The summed E-state index contributed by atoms with van der Waals surface area (Å²) in [7, 11) is 4.48. The Balaban J connectivity index is 1.49. The molecule has 3 aromatic heterocycles. The molecule has 12 heteroatoms. The molecule has 0 spiro atoms. The van der Waals surface area contributed by atoms with Crippen LogP contribution in [0, 0.1) is 0 Å². The minimum absolute atomic E-state index is 0.158. The van der Waals surface area contributed by atoms with Gasteiger partial charge in [-0.15, -0.1) is 0 Å². The highest BCUT2D eigenvalue weighted by Gasteiger charge is 2.15. The maximum atomic E-state index is 12.5. The van der Waals surface area contributed by atoms with E-state index in [9.17, 15) is 14.4 Å². The van der Waals surface area contributed by atoms with Gasteiger partial charge in [-0.3, -0.25) is 23.8 Å². The molecule has 4 rings (SSSR count). The van der Waals surface area contributed by atoms with Crippen LogP contribution in [0.2, 0.25) is 0 Å². The van der Waals surface area contributed by atoms with Crippen molar-refractivity contribution in [3.8, 4) is 17.0 Å². The fourth-order valence-electron chi connectivity index (χ4n) is 3.26. The van der Waals surface area contributed by atoms with E-state index < -0.39 is 17.2 Å². The number of carbonyl (C=O) groups is 1. The van der Waals surface area contributed by atoms with Gasteiger partial charge in [-0.05, 0) is 24.3 Å². The van der Waals surface area contributed by atoms with Crippen molar-refractivity contribution in [2.75, 3.05) is 7.11 Å². The predicted molar refractivity (Wildman–Crippen MR) is 117 cm³/mol. The van der Waals surface area contributed by atoms with Crippen LogP contribution in [0.1, 0.15) is 5.56 Å². The summed E-state index contributed by atoms with van der Waals surface area (Å²) in [6.45, 7) is -0.196. The Morgan fingerprint density at radius 3 is 2.69 bits per heavy atom. The lowest BCUT2D eigenvalue weighted by molar-refractivity contribution is -0.121. The van der Waals surface area contributed by atoms with E-state index in [0.29, 0.717) is 5.56 Å². The molecular formula is C20H20N8O4. The average Bonchev–Trinajstić information content (AvgIpc) is 3.43. The molecule has 0 aliphatic rings. The second kappa shape index (κ2) is 8.34. The number of fused-ring (bicyclic) bond motifs is 1. The highest BCUT2D eigenvalue weighted by Crippen LogP contribution is 2.22. The predicted octanol–water partition coefficient (Wildman–Crippen LogP) is -0.0173. The van der Waals surface area contributed by atoms with Gasteiger partial charge in [0.15, 0.2) is 11.2 Å². The number of nitrogens with one attached hydrogen (secondary N) is 2. The maximum absolute atomic E-state index is 12.5. The molecule has 0 unspecified atom stereocenters. The lowest BCUT2D eigenvalue weighted by atomic mass is 10.1. The Kier molecular flexibility index (Phi) is 5.41. The molecule has 0 aliphatic carbocycles.